The standard InChI is InChI=1S/C16H17NO3/c1-10-15(16(18)19)11-6-5-8-12(11)17(10)13-7-3-4-9-14(13)20-2/h3-4,7,9H,5-6,8H2,1-2H3,(H,18,19). The van der Waals surface area contributed by atoms with Crippen LogP contribution in [0.2, 0.25) is 0 Å². The minimum Gasteiger partial charge on any atom is -0.495 e. The molecule has 4 heteroatoms. The molecule has 4 nitrogen and oxygen atoms in total. The molecule has 0 radical (unpaired) electrons. The molecular weight excluding hydrogens is 254 g/mol. The van der Waals surface area contributed by atoms with Crippen molar-refractivity contribution in [3.8, 4) is 11.4 Å². The molecule has 1 aromatic heterocycles. The summed E-state index contributed by atoms with van der Waals surface area (Å²) in [6, 6.07) is 7.73. The lowest BCUT2D eigenvalue weighted by molar-refractivity contribution is 0.0695. The number of benzene rings is 1. The summed E-state index contributed by atoms with van der Waals surface area (Å²) in [6.45, 7) is 1.87. The number of carboxylic acid groups (broad SMARTS) is 1. The van der Waals surface area contributed by atoms with Gasteiger partial charge in [-0.3, -0.25) is 0 Å². The van der Waals surface area contributed by atoms with Crippen LogP contribution in [0.1, 0.15) is 33.7 Å². The number of nitrogens with zero attached hydrogens (tertiary/aromatic N) is 1. The highest BCUT2D eigenvalue weighted by atomic mass is 16.5. The molecule has 0 amide bonds. The minimum atomic E-state index is -0.839. The average Bonchev–Trinajstić information content (AvgIpc) is 2.97. The summed E-state index contributed by atoms with van der Waals surface area (Å²) in [4.78, 5) is 11.5. The maximum Gasteiger partial charge on any atom is 0.337 e. The summed E-state index contributed by atoms with van der Waals surface area (Å²) in [6.07, 6.45) is 2.78. The van der Waals surface area contributed by atoms with Crippen LogP contribution in [-0.2, 0) is 12.8 Å². The number of para-hydroxylation sites is 2. The van der Waals surface area contributed by atoms with Crippen molar-refractivity contribution in [2.24, 2.45) is 0 Å². The summed E-state index contributed by atoms with van der Waals surface area (Å²) < 4.78 is 7.46. The lowest BCUT2D eigenvalue weighted by atomic mass is 10.1. The zero-order valence-electron chi connectivity index (χ0n) is 11.6. The second kappa shape index (κ2) is 4.71. The maximum absolute atomic E-state index is 11.5. The van der Waals surface area contributed by atoms with Gasteiger partial charge in [0.2, 0.25) is 0 Å². The smallest absolute Gasteiger partial charge is 0.337 e. The molecule has 0 saturated carbocycles. The molecule has 0 fully saturated rings. The third-order valence-corrected chi connectivity index (χ3v) is 4.00. The zero-order valence-corrected chi connectivity index (χ0v) is 11.6. The highest BCUT2D eigenvalue weighted by Gasteiger charge is 2.29. The van der Waals surface area contributed by atoms with Crippen molar-refractivity contribution in [3.05, 3.63) is 46.8 Å². The van der Waals surface area contributed by atoms with E-state index >= 15 is 0 Å². The van der Waals surface area contributed by atoms with Crippen molar-refractivity contribution in [3.63, 3.8) is 0 Å². The molecule has 20 heavy (non-hydrogen) atoms. The number of methoxy groups -OCH3 is 1. The number of hydrogen-bond acceptors (Lipinski definition) is 2. The maximum atomic E-state index is 11.5. The SMILES string of the molecule is COc1ccccc1-n1c(C)c(C(=O)O)c2c1CCC2. The molecule has 3 rings (SSSR count). The van der Waals surface area contributed by atoms with Crippen LogP contribution in [-0.4, -0.2) is 22.8 Å². The van der Waals surface area contributed by atoms with E-state index in [1.807, 2.05) is 35.8 Å². The van der Waals surface area contributed by atoms with Crippen LogP contribution in [0.15, 0.2) is 24.3 Å². The van der Waals surface area contributed by atoms with Gasteiger partial charge in [0.1, 0.15) is 5.75 Å². The lowest BCUT2D eigenvalue weighted by Crippen LogP contribution is -2.05. The molecule has 1 aliphatic carbocycles. The van der Waals surface area contributed by atoms with Gasteiger partial charge in [-0.05, 0) is 43.9 Å². The normalized spacial score (nSPS) is 13.3. The van der Waals surface area contributed by atoms with E-state index in [1.54, 1.807) is 7.11 Å². The van der Waals surface area contributed by atoms with E-state index in [0.717, 1.165) is 47.7 Å². The molecule has 0 atom stereocenters. The van der Waals surface area contributed by atoms with Gasteiger partial charge in [-0.1, -0.05) is 12.1 Å². The number of rotatable bonds is 3. The summed E-state index contributed by atoms with van der Waals surface area (Å²) in [5.74, 6) is -0.0773. The van der Waals surface area contributed by atoms with Gasteiger partial charge >= 0.3 is 5.97 Å². The lowest BCUT2D eigenvalue weighted by Gasteiger charge is -2.14. The molecule has 0 aliphatic heterocycles. The molecule has 0 unspecified atom stereocenters. The van der Waals surface area contributed by atoms with Crippen LogP contribution < -0.4 is 4.74 Å². The number of carbonyl (C=O) groups is 1. The van der Waals surface area contributed by atoms with Crippen molar-refractivity contribution in [1.82, 2.24) is 4.57 Å². The van der Waals surface area contributed by atoms with E-state index < -0.39 is 5.97 Å². The monoisotopic (exact) mass is 271 g/mol. The third-order valence-electron chi connectivity index (χ3n) is 4.00. The number of aromatic carboxylic acids is 1. The molecule has 1 aliphatic rings. The molecule has 2 aromatic rings. The Morgan fingerprint density at radius 2 is 2.05 bits per heavy atom. The summed E-state index contributed by atoms with van der Waals surface area (Å²) in [5, 5.41) is 9.47. The van der Waals surface area contributed by atoms with Crippen LogP contribution in [0, 0.1) is 6.92 Å². The van der Waals surface area contributed by atoms with Crippen molar-refractivity contribution in [2.75, 3.05) is 7.11 Å². The second-order valence-corrected chi connectivity index (χ2v) is 5.05. The Bertz CT molecular complexity index is 685. The van der Waals surface area contributed by atoms with Crippen LogP contribution >= 0.6 is 0 Å². The first-order valence-electron chi connectivity index (χ1n) is 6.75. The van der Waals surface area contributed by atoms with E-state index in [-0.39, 0.29) is 0 Å². The fourth-order valence-electron chi connectivity index (χ4n) is 3.20. The highest BCUT2D eigenvalue weighted by Crippen LogP contribution is 2.35. The molecule has 1 heterocycles. The molecular formula is C16H17NO3. The Labute approximate surface area is 117 Å². The Hall–Kier alpha value is -2.23. The minimum absolute atomic E-state index is 0.461. The van der Waals surface area contributed by atoms with E-state index in [4.69, 9.17) is 4.74 Å². The Balaban J connectivity index is 2.30. The van der Waals surface area contributed by atoms with Crippen LogP contribution in [0.25, 0.3) is 5.69 Å². The Morgan fingerprint density at radius 3 is 2.75 bits per heavy atom. The van der Waals surface area contributed by atoms with Gasteiger partial charge in [0.05, 0.1) is 18.4 Å². The van der Waals surface area contributed by atoms with Gasteiger partial charge in [-0.2, -0.15) is 0 Å². The van der Waals surface area contributed by atoms with Gasteiger partial charge in [-0.15, -0.1) is 0 Å². The molecule has 104 valence electrons. The molecule has 0 spiro atoms. The number of carboxylic acids is 1. The first kappa shape index (κ1) is 12.8. The fourth-order valence-corrected chi connectivity index (χ4v) is 3.20. The van der Waals surface area contributed by atoms with E-state index in [9.17, 15) is 9.90 Å². The second-order valence-electron chi connectivity index (χ2n) is 5.05. The molecule has 1 aromatic carbocycles. The number of fused-ring (bicyclic) bond motifs is 1. The van der Waals surface area contributed by atoms with E-state index in [2.05, 4.69) is 0 Å². The molecule has 0 saturated heterocycles. The largest absolute Gasteiger partial charge is 0.495 e. The molecule has 1 N–H and O–H groups in total. The predicted octanol–water partition coefficient (Wildman–Crippen LogP) is 2.98. The zero-order chi connectivity index (χ0) is 14.3. The van der Waals surface area contributed by atoms with Crippen LogP contribution in [0.3, 0.4) is 0 Å². The first-order chi connectivity index (χ1) is 9.65. The molecule has 0 bridgehead atoms. The predicted molar refractivity (Wildman–Crippen MR) is 76.0 cm³/mol. The number of ether oxygens (including phenoxy) is 1. The Kier molecular flexibility index (Phi) is 3.01. The van der Waals surface area contributed by atoms with Crippen molar-refractivity contribution >= 4 is 5.97 Å². The van der Waals surface area contributed by atoms with Crippen LogP contribution in [0.5, 0.6) is 5.75 Å². The van der Waals surface area contributed by atoms with Gasteiger partial charge in [-0.25, -0.2) is 4.79 Å². The van der Waals surface area contributed by atoms with Gasteiger partial charge in [0.25, 0.3) is 0 Å². The highest BCUT2D eigenvalue weighted by molar-refractivity contribution is 5.92. The quantitative estimate of drug-likeness (QED) is 0.933. The fraction of sp³-hybridized carbons (Fsp3) is 0.312. The average molecular weight is 271 g/mol. The van der Waals surface area contributed by atoms with E-state index in [0.29, 0.717) is 5.56 Å². The van der Waals surface area contributed by atoms with Crippen molar-refractivity contribution in [2.45, 2.75) is 26.2 Å². The topological polar surface area (TPSA) is 51.5 Å². The van der Waals surface area contributed by atoms with Crippen molar-refractivity contribution in [1.29, 1.82) is 0 Å². The summed E-state index contributed by atoms with van der Waals surface area (Å²) in [7, 11) is 1.63. The van der Waals surface area contributed by atoms with Gasteiger partial charge in [0, 0.05) is 11.4 Å². The third kappa shape index (κ3) is 1.72. The van der Waals surface area contributed by atoms with Gasteiger partial charge < -0.3 is 14.4 Å². The number of hydrogen-bond donors (Lipinski definition) is 1. The number of aromatic nitrogens is 1. The van der Waals surface area contributed by atoms with Crippen molar-refractivity contribution < 1.29 is 14.6 Å². The summed E-state index contributed by atoms with van der Waals surface area (Å²) >= 11 is 0. The summed E-state index contributed by atoms with van der Waals surface area (Å²) in [5.41, 5.74) is 4.26. The first-order valence-corrected chi connectivity index (χ1v) is 6.75. The van der Waals surface area contributed by atoms with Gasteiger partial charge in [0.15, 0.2) is 0 Å². The van der Waals surface area contributed by atoms with E-state index in [1.165, 1.54) is 0 Å². The van der Waals surface area contributed by atoms with Crippen LogP contribution in [0.4, 0.5) is 0 Å². The Morgan fingerprint density at radius 1 is 1.30 bits per heavy atom.